The van der Waals surface area contributed by atoms with E-state index >= 15 is 0 Å². The predicted molar refractivity (Wildman–Crippen MR) is 104 cm³/mol. The Morgan fingerprint density at radius 2 is 1.86 bits per heavy atom. The van der Waals surface area contributed by atoms with E-state index in [1.807, 2.05) is 25.1 Å². The summed E-state index contributed by atoms with van der Waals surface area (Å²) in [6.07, 6.45) is 2.55. The molecule has 0 bridgehead atoms. The van der Waals surface area contributed by atoms with Crippen molar-refractivity contribution in [2.24, 2.45) is 5.92 Å². The second kappa shape index (κ2) is 10.8. The summed E-state index contributed by atoms with van der Waals surface area (Å²) in [7, 11) is 3.18. The number of carbonyl (C=O) groups excluding carboxylic acids is 1. The normalized spacial score (nSPS) is 20.1. The molecule has 2 amide bonds. The van der Waals surface area contributed by atoms with Gasteiger partial charge in [0.2, 0.25) is 0 Å². The molecule has 0 aliphatic heterocycles. The molecule has 3 N–H and O–H groups in total. The fraction of sp³-hybridized carbons (Fsp3) is 0.600. The van der Waals surface area contributed by atoms with Gasteiger partial charge in [-0.3, -0.25) is 4.79 Å². The average molecular weight is 394 g/mol. The van der Waals surface area contributed by atoms with Gasteiger partial charge in [0.25, 0.3) is 0 Å². The molecule has 0 radical (unpaired) electrons. The maximum absolute atomic E-state index is 12.3. The van der Waals surface area contributed by atoms with Crippen molar-refractivity contribution >= 4 is 12.0 Å². The highest BCUT2D eigenvalue weighted by atomic mass is 16.5. The van der Waals surface area contributed by atoms with Crippen LogP contribution in [0.4, 0.5) is 4.79 Å². The van der Waals surface area contributed by atoms with Gasteiger partial charge in [-0.25, -0.2) is 4.79 Å². The van der Waals surface area contributed by atoms with Gasteiger partial charge in [-0.05, 0) is 50.3 Å². The quantitative estimate of drug-likeness (QED) is 0.556. The van der Waals surface area contributed by atoms with Crippen molar-refractivity contribution in [3.8, 4) is 11.5 Å². The van der Waals surface area contributed by atoms with E-state index in [1.165, 1.54) is 0 Å². The summed E-state index contributed by atoms with van der Waals surface area (Å²) < 4.78 is 16.0. The third-order valence-corrected chi connectivity index (χ3v) is 4.99. The van der Waals surface area contributed by atoms with Crippen molar-refractivity contribution in [2.75, 3.05) is 27.4 Å². The van der Waals surface area contributed by atoms with E-state index in [4.69, 9.17) is 19.3 Å². The molecule has 1 unspecified atom stereocenters. The highest BCUT2D eigenvalue weighted by Gasteiger charge is 2.27. The summed E-state index contributed by atoms with van der Waals surface area (Å²) in [5, 5.41) is 14.9. The number of methoxy groups -OCH3 is 2. The van der Waals surface area contributed by atoms with Gasteiger partial charge in [0.1, 0.15) is 6.61 Å². The second-order valence-electron chi connectivity index (χ2n) is 6.98. The van der Waals surface area contributed by atoms with Crippen LogP contribution in [0.25, 0.3) is 0 Å². The molecule has 8 nitrogen and oxygen atoms in total. The van der Waals surface area contributed by atoms with E-state index in [9.17, 15) is 9.59 Å². The number of rotatable bonds is 9. The number of urea groups is 1. The number of amides is 2. The van der Waals surface area contributed by atoms with Crippen molar-refractivity contribution in [3.63, 3.8) is 0 Å². The van der Waals surface area contributed by atoms with Crippen LogP contribution in [0.15, 0.2) is 18.2 Å². The fourth-order valence-corrected chi connectivity index (χ4v) is 3.30. The lowest BCUT2D eigenvalue weighted by Gasteiger charge is -2.27. The molecule has 2 rings (SSSR count). The number of ether oxygens (including phenoxy) is 3. The molecular weight excluding hydrogens is 364 g/mol. The molecule has 1 fully saturated rings. The molecule has 8 heteroatoms. The first-order valence-electron chi connectivity index (χ1n) is 9.54. The van der Waals surface area contributed by atoms with Crippen molar-refractivity contribution in [1.29, 1.82) is 0 Å². The molecule has 1 aromatic rings. The summed E-state index contributed by atoms with van der Waals surface area (Å²) in [5.41, 5.74) is 0.890. The van der Waals surface area contributed by atoms with Crippen LogP contribution in [0.2, 0.25) is 0 Å². The molecule has 1 atom stereocenters. The van der Waals surface area contributed by atoms with Gasteiger partial charge in [-0.15, -0.1) is 0 Å². The van der Waals surface area contributed by atoms with Gasteiger partial charge in [-0.2, -0.15) is 0 Å². The zero-order valence-electron chi connectivity index (χ0n) is 16.7. The van der Waals surface area contributed by atoms with E-state index in [-0.39, 0.29) is 24.0 Å². The lowest BCUT2D eigenvalue weighted by Crippen LogP contribution is -2.44. The minimum Gasteiger partial charge on any atom is -0.493 e. The van der Waals surface area contributed by atoms with E-state index in [0.717, 1.165) is 5.56 Å². The Morgan fingerprint density at radius 1 is 1.14 bits per heavy atom. The molecule has 1 aromatic carbocycles. The van der Waals surface area contributed by atoms with Crippen LogP contribution in [-0.4, -0.2) is 50.6 Å². The van der Waals surface area contributed by atoms with Crippen LogP contribution < -0.4 is 20.1 Å². The molecule has 0 aromatic heterocycles. The zero-order valence-corrected chi connectivity index (χ0v) is 16.7. The molecule has 28 heavy (non-hydrogen) atoms. The Hall–Kier alpha value is -2.48. The van der Waals surface area contributed by atoms with E-state index in [2.05, 4.69) is 10.6 Å². The molecule has 1 aliphatic rings. The minimum atomic E-state index is -0.750. The minimum absolute atomic E-state index is 0.00824. The Balaban J connectivity index is 1.87. The first-order chi connectivity index (χ1) is 13.4. The Bertz CT molecular complexity index is 658. The molecule has 0 saturated heterocycles. The number of hydrogen-bond donors (Lipinski definition) is 3. The van der Waals surface area contributed by atoms with Gasteiger partial charge in [-0.1, -0.05) is 6.07 Å². The van der Waals surface area contributed by atoms with Gasteiger partial charge in [0.05, 0.1) is 25.7 Å². The Kier molecular flexibility index (Phi) is 8.38. The van der Waals surface area contributed by atoms with Crippen LogP contribution >= 0.6 is 0 Å². The number of aliphatic carboxylic acids is 1. The third-order valence-electron chi connectivity index (χ3n) is 4.99. The maximum Gasteiger partial charge on any atom is 0.315 e. The second-order valence-corrected chi connectivity index (χ2v) is 6.98. The van der Waals surface area contributed by atoms with Crippen molar-refractivity contribution in [2.45, 2.75) is 44.7 Å². The summed E-state index contributed by atoms with van der Waals surface area (Å²) in [5.74, 6) is 0.169. The molecule has 1 aliphatic carbocycles. The van der Waals surface area contributed by atoms with Crippen molar-refractivity contribution < 1.29 is 28.9 Å². The largest absolute Gasteiger partial charge is 0.493 e. The summed E-state index contributed by atoms with van der Waals surface area (Å²) in [6, 6.07) is 5.06. The summed E-state index contributed by atoms with van der Waals surface area (Å²) in [4.78, 5) is 23.3. The van der Waals surface area contributed by atoms with Crippen molar-refractivity contribution in [3.05, 3.63) is 23.8 Å². The highest BCUT2D eigenvalue weighted by molar-refractivity contribution is 5.75. The monoisotopic (exact) mass is 394 g/mol. The number of carboxylic acids is 1. The first kappa shape index (κ1) is 21.8. The summed E-state index contributed by atoms with van der Waals surface area (Å²) in [6.45, 7) is 2.80. The lowest BCUT2D eigenvalue weighted by atomic mass is 9.86. The van der Waals surface area contributed by atoms with E-state index in [0.29, 0.717) is 50.4 Å². The predicted octanol–water partition coefficient (Wildman–Crippen LogP) is 2.72. The smallest absolute Gasteiger partial charge is 0.315 e. The Labute approximate surface area is 165 Å². The van der Waals surface area contributed by atoms with Crippen LogP contribution in [-0.2, 0) is 9.53 Å². The van der Waals surface area contributed by atoms with Crippen molar-refractivity contribution in [1.82, 2.24) is 10.6 Å². The molecule has 0 spiro atoms. The number of carbonyl (C=O) groups is 2. The number of benzene rings is 1. The molecule has 0 heterocycles. The first-order valence-corrected chi connectivity index (χ1v) is 9.54. The number of hydrogen-bond acceptors (Lipinski definition) is 5. The molecule has 1 saturated carbocycles. The third kappa shape index (κ3) is 6.30. The topological polar surface area (TPSA) is 106 Å². The number of nitrogens with one attached hydrogen (secondary N) is 2. The molecular formula is C20H30N2O6. The fourth-order valence-electron chi connectivity index (χ4n) is 3.30. The van der Waals surface area contributed by atoms with Crippen LogP contribution in [0.1, 0.15) is 44.2 Å². The van der Waals surface area contributed by atoms with Gasteiger partial charge < -0.3 is 30.0 Å². The summed E-state index contributed by atoms with van der Waals surface area (Å²) >= 11 is 0. The van der Waals surface area contributed by atoms with Crippen LogP contribution in [0.3, 0.4) is 0 Å². The van der Waals surface area contributed by atoms with E-state index < -0.39 is 5.97 Å². The Morgan fingerprint density at radius 3 is 2.46 bits per heavy atom. The van der Waals surface area contributed by atoms with Crippen LogP contribution in [0, 0.1) is 5.92 Å². The average Bonchev–Trinajstić information content (AvgIpc) is 2.68. The number of carboxylic acid groups (broad SMARTS) is 1. The van der Waals surface area contributed by atoms with E-state index in [1.54, 1.807) is 14.2 Å². The van der Waals surface area contributed by atoms with Gasteiger partial charge >= 0.3 is 12.0 Å². The lowest BCUT2D eigenvalue weighted by molar-refractivity contribution is -0.142. The maximum atomic E-state index is 12.3. The molecule has 156 valence electrons. The standard InChI is InChI=1S/C20H30N2O6/c1-13(15-6-9-17(18(12-15)27-3)28-11-10-26-2)21-20(25)22-16-7-4-14(5-8-16)19(23)24/h6,9,12-14,16H,4-5,7-8,10-11H2,1-3H3,(H,23,24)(H2,21,22,25). The SMILES string of the molecule is COCCOc1ccc(C(C)NC(=O)NC2CCC(C(=O)O)CC2)cc1OC. The van der Waals surface area contributed by atoms with Gasteiger partial charge in [0.15, 0.2) is 11.5 Å². The van der Waals surface area contributed by atoms with Gasteiger partial charge in [0, 0.05) is 13.2 Å². The van der Waals surface area contributed by atoms with Crippen LogP contribution in [0.5, 0.6) is 11.5 Å². The zero-order chi connectivity index (χ0) is 20.5. The highest BCUT2D eigenvalue weighted by Crippen LogP contribution is 2.30.